The smallest absolute Gasteiger partial charge is 0.185 e. The summed E-state index contributed by atoms with van der Waals surface area (Å²) in [6.07, 6.45) is 5.58. The molecular weight excluding hydrogens is 359 g/mol. The lowest BCUT2D eigenvalue weighted by atomic mass is 9.86. The molecule has 0 saturated heterocycles. The molecule has 1 saturated carbocycles. The Morgan fingerprint density at radius 1 is 0.893 bits per heavy atom. The van der Waals surface area contributed by atoms with Crippen molar-refractivity contribution in [2.45, 2.75) is 19.3 Å². The van der Waals surface area contributed by atoms with Crippen molar-refractivity contribution in [1.82, 2.24) is 0 Å². The summed E-state index contributed by atoms with van der Waals surface area (Å²) in [7, 11) is 4.63. The van der Waals surface area contributed by atoms with Crippen LogP contribution in [0.3, 0.4) is 0 Å². The number of hydrogen-bond acceptors (Lipinski definition) is 4. The molecule has 28 heavy (non-hydrogen) atoms. The maximum absolute atomic E-state index is 14.3. The number of rotatable bonds is 5. The van der Waals surface area contributed by atoms with Crippen molar-refractivity contribution in [3.8, 4) is 17.2 Å². The maximum Gasteiger partial charge on any atom is 0.185 e. The van der Waals surface area contributed by atoms with Crippen LogP contribution in [-0.4, -0.2) is 27.1 Å². The first-order chi connectivity index (χ1) is 13.6. The van der Waals surface area contributed by atoms with E-state index in [4.69, 9.17) is 14.2 Å². The van der Waals surface area contributed by atoms with Crippen LogP contribution in [0.2, 0.25) is 0 Å². The van der Waals surface area contributed by atoms with Crippen molar-refractivity contribution in [2.24, 2.45) is 0 Å². The van der Waals surface area contributed by atoms with Crippen LogP contribution in [0.5, 0.6) is 17.2 Å². The molecule has 4 nitrogen and oxygen atoms in total. The molecule has 0 amide bonds. The predicted octanol–water partition coefficient (Wildman–Crippen LogP) is 5.07. The standard InChI is InChI=1S/C23H23FO4/c1-26-19-11-10-15(20(24)14-19)12-16-6-4-7-17(22(16)25)13-18-8-5-9-21(27-2)23(18)28-3/h5,8-14H,4,6-7H2,1-3H3/b16-12+,17-13+. The first-order valence-electron chi connectivity index (χ1n) is 9.07. The Morgan fingerprint density at radius 3 is 2.21 bits per heavy atom. The van der Waals surface area contributed by atoms with E-state index < -0.39 is 5.82 Å². The highest BCUT2D eigenvalue weighted by atomic mass is 19.1. The van der Waals surface area contributed by atoms with E-state index in [1.54, 1.807) is 38.5 Å². The fraction of sp³-hybridized carbons (Fsp3) is 0.261. The maximum atomic E-state index is 14.3. The molecule has 146 valence electrons. The second-order valence-corrected chi connectivity index (χ2v) is 6.49. The van der Waals surface area contributed by atoms with Gasteiger partial charge in [0.25, 0.3) is 0 Å². The van der Waals surface area contributed by atoms with Crippen molar-refractivity contribution >= 4 is 17.9 Å². The van der Waals surface area contributed by atoms with E-state index in [0.717, 1.165) is 12.0 Å². The highest BCUT2D eigenvalue weighted by Gasteiger charge is 2.22. The SMILES string of the molecule is COc1ccc(/C=C2\CCC/C(=C\c3cccc(OC)c3OC)C2=O)c(F)c1. The van der Waals surface area contributed by atoms with Crippen LogP contribution in [0.4, 0.5) is 4.39 Å². The van der Waals surface area contributed by atoms with Gasteiger partial charge in [0.1, 0.15) is 11.6 Å². The third kappa shape index (κ3) is 4.09. The quantitative estimate of drug-likeness (QED) is 0.677. The van der Waals surface area contributed by atoms with Crippen LogP contribution in [0.15, 0.2) is 47.5 Å². The van der Waals surface area contributed by atoms with Crippen LogP contribution in [-0.2, 0) is 4.79 Å². The van der Waals surface area contributed by atoms with Gasteiger partial charge in [-0.25, -0.2) is 4.39 Å². The van der Waals surface area contributed by atoms with Crippen molar-refractivity contribution in [3.63, 3.8) is 0 Å². The van der Waals surface area contributed by atoms with Gasteiger partial charge in [0.05, 0.1) is 21.3 Å². The van der Waals surface area contributed by atoms with E-state index in [1.165, 1.54) is 13.2 Å². The highest BCUT2D eigenvalue weighted by Crippen LogP contribution is 2.35. The second-order valence-electron chi connectivity index (χ2n) is 6.49. The molecule has 0 unspecified atom stereocenters. The van der Waals surface area contributed by atoms with Gasteiger partial charge >= 0.3 is 0 Å². The molecule has 0 heterocycles. The van der Waals surface area contributed by atoms with E-state index in [0.29, 0.717) is 46.8 Å². The van der Waals surface area contributed by atoms with Gasteiger partial charge in [-0.15, -0.1) is 0 Å². The number of hydrogen-bond donors (Lipinski definition) is 0. The fourth-order valence-corrected chi connectivity index (χ4v) is 3.33. The van der Waals surface area contributed by atoms with Gasteiger partial charge in [0.15, 0.2) is 17.3 Å². The lowest BCUT2D eigenvalue weighted by molar-refractivity contribution is -0.112. The topological polar surface area (TPSA) is 44.8 Å². The number of benzene rings is 2. The minimum absolute atomic E-state index is 0.0636. The van der Waals surface area contributed by atoms with Crippen molar-refractivity contribution in [2.75, 3.05) is 21.3 Å². The molecule has 0 aromatic heterocycles. The number of ketones is 1. The van der Waals surface area contributed by atoms with E-state index in [-0.39, 0.29) is 5.78 Å². The Balaban J connectivity index is 1.94. The summed E-state index contributed by atoms with van der Waals surface area (Å²) in [5.74, 6) is 1.16. The minimum Gasteiger partial charge on any atom is -0.497 e. The summed E-state index contributed by atoms with van der Waals surface area (Å²) >= 11 is 0. The van der Waals surface area contributed by atoms with Gasteiger partial charge in [-0.2, -0.15) is 0 Å². The van der Waals surface area contributed by atoms with Crippen molar-refractivity contribution in [3.05, 3.63) is 64.5 Å². The summed E-state index contributed by atoms with van der Waals surface area (Å²) in [6.45, 7) is 0. The zero-order valence-electron chi connectivity index (χ0n) is 16.3. The predicted molar refractivity (Wildman–Crippen MR) is 107 cm³/mol. The molecule has 0 spiro atoms. The average molecular weight is 382 g/mol. The van der Waals surface area contributed by atoms with Gasteiger partial charge in [-0.05, 0) is 49.6 Å². The largest absolute Gasteiger partial charge is 0.497 e. The summed E-state index contributed by atoms with van der Waals surface area (Å²) in [5, 5.41) is 0. The van der Waals surface area contributed by atoms with Crippen LogP contribution < -0.4 is 14.2 Å². The van der Waals surface area contributed by atoms with Gasteiger partial charge in [-0.1, -0.05) is 12.1 Å². The molecule has 2 aromatic carbocycles. The minimum atomic E-state index is -0.412. The number of methoxy groups -OCH3 is 3. The molecule has 0 radical (unpaired) electrons. The monoisotopic (exact) mass is 382 g/mol. The molecule has 1 aliphatic carbocycles. The highest BCUT2D eigenvalue weighted by molar-refractivity contribution is 6.14. The number of carbonyl (C=O) groups is 1. The summed E-state index contributed by atoms with van der Waals surface area (Å²) in [6, 6.07) is 10.2. The number of halogens is 1. The number of para-hydroxylation sites is 1. The van der Waals surface area contributed by atoms with Crippen LogP contribution in [0.25, 0.3) is 12.2 Å². The zero-order valence-corrected chi connectivity index (χ0v) is 16.3. The fourth-order valence-electron chi connectivity index (χ4n) is 3.33. The molecular formula is C23H23FO4. The van der Waals surface area contributed by atoms with E-state index in [9.17, 15) is 9.18 Å². The first kappa shape index (κ1) is 19.7. The molecule has 0 N–H and O–H groups in total. The van der Waals surface area contributed by atoms with Crippen molar-refractivity contribution < 1.29 is 23.4 Å². The Labute approximate surface area is 164 Å². The molecule has 1 fully saturated rings. The Kier molecular flexibility index (Phi) is 6.14. The van der Waals surface area contributed by atoms with Crippen LogP contribution in [0.1, 0.15) is 30.4 Å². The van der Waals surface area contributed by atoms with E-state index in [2.05, 4.69) is 0 Å². The second kappa shape index (κ2) is 8.74. The molecule has 0 bridgehead atoms. The van der Waals surface area contributed by atoms with E-state index in [1.807, 2.05) is 18.2 Å². The Bertz CT molecular complexity index is 944. The molecule has 0 aliphatic heterocycles. The molecule has 3 rings (SSSR count). The summed E-state index contributed by atoms with van der Waals surface area (Å²) in [5.41, 5.74) is 2.44. The third-order valence-corrected chi connectivity index (χ3v) is 4.78. The normalized spacial score (nSPS) is 17.1. The number of carbonyl (C=O) groups excluding carboxylic acids is 1. The van der Waals surface area contributed by atoms with Gasteiger partial charge in [0, 0.05) is 28.3 Å². The number of ether oxygens (including phenoxy) is 3. The first-order valence-corrected chi connectivity index (χ1v) is 9.07. The van der Waals surface area contributed by atoms with Gasteiger partial charge in [0.2, 0.25) is 0 Å². The molecule has 5 heteroatoms. The molecule has 2 aromatic rings. The van der Waals surface area contributed by atoms with Crippen LogP contribution >= 0.6 is 0 Å². The lowest BCUT2D eigenvalue weighted by Gasteiger charge is -2.18. The van der Waals surface area contributed by atoms with Crippen LogP contribution in [0, 0.1) is 5.82 Å². The summed E-state index contributed by atoms with van der Waals surface area (Å²) < 4.78 is 30.1. The molecule has 1 aliphatic rings. The molecule has 0 atom stereocenters. The number of allylic oxidation sites excluding steroid dienone is 2. The number of Topliss-reactive ketones (excluding diaryl/α,β-unsaturated/α-hetero) is 1. The van der Waals surface area contributed by atoms with Gasteiger partial charge in [-0.3, -0.25) is 4.79 Å². The Morgan fingerprint density at radius 2 is 1.61 bits per heavy atom. The Hall–Kier alpha value is -3.08. The lowest BCUT2D eigenvalue weighted by Crippen LogP contribution is -2.12. The van der Waals surface area contributed by atoms with E-state index >= 15 is 0 Å². The van der Waals surface area contributed by atoms with Gasteiger partial charge < -0.3 is 14.2 Å². The zero-order chi connectivity index (χ0) is 20.1. The third-order valence-electron chi connectivity index (χ3n) is 4.78. The van der Waals surface area contributed by atoms with Crippen molar-refractivity contribution in [1.29, 1.82) is 0 Å². The average Bonchev–Trinajstić information content (AvgIpc) is 2.71. The summed E-state index contributed by atoms with van der Waals surface area (Å²) in [4.78, 5) is 13.0.